The third-order valence-corrected chi connectivity index (χ3v) is 5.00. The maximum Gasteiger partial charge on any atom is 0.312 e. The van der Waals surface area contributed by atoms with Gasteiger partial charge in [0.1, 0.15) is 5.69 Å². The average molecular weight is 437 g/mol. The number of aromatic nitrogens is 2. The fourth-order valence-corrected chi connectivity index (χ4v) is 2.57. The molecular formula is C21H41FN2O2S2. The van der Waals surface area contributed by atoms with Crippen LogP contribution >= 0.6 is 23.9 Å². The Labute approximate surface area is 181 Å². The van der Waals surface area contributed by atoms with Crippen LogP contribution in [0.25, 0.3) is 0 Å². The second kappa shape index (κ2) is 24.3. The first-order valence-corrected chi connectivity index (χ1v) is 12.4. The summed E-state index contributed by atoms with van der Waals surface area (Å²) >= 11 is 1.46. The van der Waals surface area contributed by atoms with Crippen molar-refractivity contribution in [1.82, 2.24) is 8.75 Å². The highest BCUT2D eigenvalue weighted by Crippen LogP contribution is 2.15. The van der Waals surface area contributed by atoms with Crippen LogP contribution in [-0.2, 0) is 4.79 Å². The van der Waals surface area contributed by atoms with Gasteiger partial charge in [0, 0.05) is 24.3 Å². The first-order valence-electron chi connectivity index (χ1n) is 10.8. The van der Waals surface area contributed by atoms with Gasteiger partial charge in [0.05, 0.1) is 11.7 Å². The van der Waals surface area contributed by atoms with Gasteiger partial charge in [-0.05, 0) is 19.8 Å². The zero-order chi connectivity index (χ0) is 21.5. The Balaban J connectivity index is 0. The smallest absolute Gasteiger partial charge is 0.312 e. The minimum absolute atomic E-state index is 0.224. The van der Waals surface area contributed by atoms with Crippen molar-refractivity contribution in [3.05, 3.63) is 5.69 Å². The molecule has 0 bridgehead atoms. The van der Waals surface area contributed by atoms with Gasteiger partial charge in [0.15, 0.2) is 0 Å². The van der Waals surface area contributed by atoms with E-state index in [2.05, 4.69) is 22.6 Å². The number of ether oxygens (including phenoxy) is 1. The summed E-state index contributed by atoms with van der Waals surface area (Å²) < 4.78 is 23.6. The van der Waals surface area contributed by atoms with E-state index < -0.39 is 0 Å². The lowest BCUT2D eigenvalue weighted by molar-refractivity contribution is -0.134. The molecule has 1 aromatic rings. The van der Waals surface area contributed by atoms with Gasteiger partial charge >= 0.3 is 5.97 Å². The minimum Gasteiger partial charge on any atom is -0.404 e. The lowest BCUT2D eigenvalue weighted by Gasteiger charge is -2.05. The van der Waals surface area contributed by atoms with Crippen molar-refractivity contribution < 1.29 is 13.4 Å². The molecule has 166 valence electrons. The molecule has 0 unspecified atom stereocenters. The fraction of sp³-hybridized carbons (Fsp3) is 0.857. The number of nitrogens with zero attached hydrogens (tertiary/aromatic N) is 2. The summed E-state index contributed by atoms with van der Waals surface area (Å²) in [6, 6.07) is 0. The van der Waals surface area contributed by atoms with Gasteiger partial charge in [0.25, 0.3) is 5.88 Å². The quantitative estimate of drug-likeness (QED) is 0.404. The number of hydrogen-bond donors (Lipinski definition) is 0. The predicted molar refractivity (Wildman–Crippen MR) is 122 cm³/mol. The summed E-state index contributed by atoms with van der Waals surface area (Å²) in [5, 5.41) is 0. The van der Waals surface area contributed by atoms with Crippen molar-refractivity contribution in [1.29, 1.82) is 0 Å². The van der Waals surface area contributed by atoms with Crippen molar-refractivity contribution in [2.45, 2.75) is 112 Å². The molecule has 0 N–H and O–H groups in total. The van der Waals surface area contributed by atoms with Crippen LogP contribution in [0.1, 0.15) is 110 Å². The summed E-state index contributed by atoms with van der Waals surface area (Å²) in [7, 11) is 0. The van der Waals surface area contributed by atoms with Crippen LogP contribution in [0.3, 0.4) is 0 Å². The molecule has 0 radical (unpaired) electrons. The number of esters is 1. The molecule has 1 aliphatic rings. The van der Waals surface area contributed by atoms with E-state index in [9.17, 15) is 8.68 Å². The lowest BCUT2D eigenvalue weighted by Crippen LogP contribution is -2.08. The second-order valence-corrected chi connectivity index (χ2v) is 7.82. The molecule has 1 aromatic heterocycles. The molecule has 2 rings (SSSR count). The Hall–Kier alpha value is -0.690. The zero-order valence-corrected chi connectivity index (χ0v) is 20.2. The van der Waals surface area contributed by atoms with Gasteiger partial charge < -0.3 is 4.74 Å². The molecule has 7 heteroatoms. The topological polar surface area (TPSA) is 52.1 Å². The van der Waals surface area contributed by atoms with Gasteiger partial charge in [-0.2, -0.15) is 8.26 Å². The van der Waals surface area contributed by atoms with Crippen LogP contribution in [0.15, 0.2) is 0 Å². The van der Waals surface area contributed by atoms with E-state index >= 15 is 0 Å². The Bertz CT molecular complexity index is 426. The molecule has 0 spiro atoms. The standard InChI is InChI=1S/C8H12N2O2S.C6H12.C4H10.C3H7FS/c1-3-4-5-7(11)12-8-6(2)9-13-10-8;1-2-4-6-5-3-1;1-3-4-2;1-2-3-5-4/h3-5H2,1-2H3;1-6H2;3-4H2,1-2H3;2-3H2,1H3. The maximum absolute atomic E-state index is 11.1. The van der Waals surface area contributed by atoms with Gasteiger partial charge in [-0.15, -0.1) is 4.37 Å². The van der Waals surface area contributed by atoms with Crippen LogP contribution in [0.5, 0.6) is 5.88 Å². The highest BCUT2D eigenvalue weighted by Gasteiger charge is 2.09. The SMILES string of the molecule is C1CCCCC1.CCCC.CCCCC(=O)Oc1nsnc1C.CCCSF. The van der Waals surface area contributed by atoms with Crippen LogP contribution in [0.4, 0.5) is 3.89 Å². The Kier molecular flexibility index (Phi) is 25.7. The van der Waals surface area contributed by atoms with Gasteiger partial charge in [-0.25, -0.2) is 0 Å². The minimum atomic E-state index is -0.224. The van der Waals surface area contributed by atoms with E-state index in [1.165, 1.54) is 51.4 Å². The third kappa shape index (κ3) is 21.6. The van der Waals surface area contributed by atoms with Crippen LogP contribution in [0.2, 0.25) is 0 Å². The van der Waals surface area contributed by atoms with Crippen molar-refractivity contribution in [2.75, 3.05) is 5.75 Å². The Morgan fingerprint density at radius 3 is 1.79 bits per heavy atom. The molecule has 0 atom stereocenters. The number of hydrogen-bond acceptors (Lipinski definition) is 6. The summed E-state index contributed by atoms with van der Waals surface area (Å²) in [6.45, 7) is 10.1. The monoisotopic (exact) mass is 436 g/mol. The largest absolute Gasteiger partial charge is 0.404 e. The summed E-state index contributed by atoms with van der Waals surface area (Å²) in [5.41, 5.74) is 0.676. The molecule has 1 aliphatic carbocycles. The second-order valence-electron chi connectivity index (χ2n) is 6.67. The lowest BCUT2D eigenvalue weighted by atomic mass is 10.0. The molecule has 1 fully saturated rings. The normalized spacial score (nSPS) is 12.4. The average Bonchev–Trinajstić information content (AvgIpc) is 3.14. The van der Waals surface area contributed by atoms with Crippen molar-refractivity contribution in [3.63, 3.8) is 0 Å². The van der Waals surface area contributed by atoms with E-state index in [4.69, 9.17) is 4.74 Å². The Morgan fingerprint density at radius 2 is 1.50 bits per heavy atom. The number of unbranched alkanes of at least 4 members (excludes halogenated alkanes) is 2. The zero-order valence-electron chi connectivity index (χ0n) is 18.6. The molecule has 0 saturated heterocycles. The first kappa shape index (κ1) is 29.5. The number of carbonyl (C=O) groups is 1. The van der Waals surface area contributed by atoms with Gasteiger partial charge in [-0.1, -0.05) is 85.5 Å². The number of halogens is 1. The Morgan fingerprint density at radius 1 is 0.964 bits per heavy atom. The van der Waals surface area contributed by atoms with Crippen LogP contribution < -0.4 is 4.74 Å². The molecular weight excluding hydrogens is 395 g/mol. The molecule has 1 heterocycles. The van der Waals surface area contributed by atoms with Gasteiger partial charge in [0.2, 0.25) is 0 Å². The van der Waals surface area contributed by atoms with Gasteiger partial charge in [-0.3, -0.25) is 4.79 Å². The molecule has 0 aromatic carbocycles. The fourth-order valence-electron chi connectivity index (χ4n) is 1.93. The molecule has 4 nitrogen and oxygen atoms in total. The van der Waals surface area contributed by atoms with Crippen molar-refractivity contribution >= 4 is 29.8 Å². The summed E-state index contributed by atoms with van der Waals surface area (Å²) in [4.78, 5) is 11.1. The van der Waals surface area contributed by atoms with Crippen LogP contribution in [-0.4, -0.2) is 20.5 Å². The third-order valence-electron chi connectivity index (χ3n) is 3.84. The van der Waals surface area contributed by atoms with E-state index in [0.717, 1.165) is 31.0 Å². The molecule has 0 aliphatic heterocycles. The highest BCUT2D eigenvalue weighted by atomic mass is 32.2. The maximum atomic E-state index is 11.1. The van der Waals surface area contributed by atoms with E-state index in [1.54, 1.807) is 6.92 Å². The number of aryl methyl sites for hydroxylation is 1. The van der Waals surface area contributed by atoms with E-state index in [1.807, 2.05) is 13.8 Å². The van der Waals surface area contributed by atoms with E-state index in [-0.39, 0.29) is 5.97 Å². The molecule has 28 heavy (non-hydrogen) atoms. The first-order chi connectivity index (χ1) is 13.6. The summed E-state index contributed by atoms with van der Waals surface area (Å²) in [6.07, 6.45) is 14.9. The number of rotatable bonds is 7. The molecule has 0 amide bonds. The number of carbonyl (C=O) groups excluding carboxylic acids is 1. The summed E-state index contributed by atoms with van der Waals surface area (Å²) in [5.74, 6) is 0.767. The van der Waals surface area contributed by atoms with Crippen LogP contribution in [0, 0.1) is 6.92 Å². The molecule has 1 saturated carbocycles. The van der Waals surface area contributed by atoms with Crippen molar-refractivity contribution in [2.24, 2.45) is 0 Å². The highest BCUT2D eigenvalue weighted by molar-refractivity contribution is 7.94. The van der Waals surface area contributed by atoms with E-state index in [0.29, 0.717) is 35.9 Å². The van der Waals surface area contributed by atoms with Crippen molar-refractivity contribution in [3.8, 4) is 5.88 Å². The predicted octanol–water partition coefficient (Wildman–Crippen LogP) is 8.10.